The van der Waals surface area contributed by atoms with Crippen molar-refractivity contribution in [3.8, 4) is 0 Å². The van der Waals surface area contributed by atoms with Gasteiger partial charge >= 0.3 is 0 Å². The fourth-order valence-corrected chi connectivity index (χ4v) is 2.36. The second kappa shape index (κ2) is 4.63. The Kier molecular flexibility index (Phi) is 3.19. The van der Waals surface area contributed by atoms with Gasteiger partial charge in [-0.05, 0) is 26.0 Å². The van der Waals surface area contributed by atoms with Crippen molar-refractivity contribution in [2.45, 2.75) is 13.8 Å². The number of hydrazone groups is 2. The maximum absolute atomic E-state index is 5.44. The smallest absolute Gasteiger partial charge is 0.120 e. The number of benzene rings is 1. The van der Waals surface area contributed by atoms with E-state index in [0.29, 0.717) is 0 Å². The van der Waals surface area contributed by atoms with Gasteiger partial charge in [-0.25, -0.2) is 5.01 Å². The number of para-hydroxylation sites is 1. The van der Waals surface area contributed by atoms with E-state index in [-0.39, 0.29) is 5.92 Å². The number of anilines is 1. The predicted octanol–water partition coefficient (Wildman–Crippen LogP) is 2.16. The van der Waals surface area contributed by atoms with Gasteiger partial charge in [0.2, 0.25) is 0 Å². The molecule has 0 fully saturated rings. The lowest BCUT2D eigenvalue weighted by atomic mass is 10.0. The third-order valence-electron chi connectivity index (χ3n) is 2.75. The van der Waals surface area contributed by atoms with E-state index < -0.39 is 0 Å². The largest absolute Gasteiger partial charge is 0.323 e. The molecule has 4 nitrogen and oxygen atoms in total. The fourth-order valence-electron chi connectivity index (χ4n) is 1.88. The third-order valence-corrected chi connectivity index (χ3v) is 3.16. The van der Waals surface area contributed by atoms with E-state index in [9.17, 15) is 0 Å². The second-order valence-electron chi connectivity index (χ2n) is 3.93. The molecule has 0 bridgehead atoms. The topological polar surface area (TPSA) is 54.0 Å². The number of thiocarbonyl (C=S) groups is 1. The molecule has 0 saturated heterocycles. The Balaban J connectivity index is 2.34. The van der Waals surface area contributed by atoms with Gasteiger partial charge in [-0.2, -0.15) is 10.2 Å². The van der Waals surface area contributed by atoms with E-state index >= 15 is 0 Å². The predicted molar refractivity (Wildman–Crippen MR) is 75.4 cm³/mol. The molecule has 1 aliphatic rings. The monoisotopic (exact) mass is 246 g/mol. The van der Waals surface area contributed by atoms with E-state index in [1.54, 1.807) is 5.01 Å². The summed E-state index contributed by atoms with van der Waals surface area (Å²) in [5, 5.41) is 9.95. The van der Waals surface area contributed by atoms with Gasteiger partial charge in [0.1, 0.15) is 4.99 Å². The summed E-state index contributed by atoms with van der Waals surface area (Å²) < 4.78 is 0. The summed E-state index contributed by atoms with van der Waals surface area (Å²) in [7, 11) is 0. The Morgan fingerprint density at radius 2 is 2.06 bits per heavy atom. The summed E-state index contributed by atoms with van der Waals surface area (Å²) in [5.41, 5.74) is 2.67. The number of rotatable bonds is 2. The molecular weight excluding hydrogens is 232 g/mol. The van der Waals surface area contributed by atoms with E-state index in [4.69, 9.17) is 18.1 Å². The van der Waals surface area contributed by atoms with Gasteiger partial charge in [0, 0.05) is 0 Å². The molecule has 1 aromatic carbocycles. The first-order chi connectivity index (χ1) is 8.15. The van der Waals surface area contributed by atoms with Crippen LogP contribution in [0.5, 0.6) is 0 Å². The quantitative estimate of drug-likeness (QED) is 0.376. The van der Waals surface area contributed by atoms with E-state index in [1.807, 2.05) is 44.2 Å². The molecule has 0 aromatic heterocycles. The van der Waals surface area contributed by atoms with Crippen LogP contribution in [0, 0.1) is 5.92 Å². The van der Waals surface area contributed by atoms with Crippen molar-refractivity contribution >= 4 is 34.3 Å². The molecule has 1 aromatic rings. The molecule has 17 heavy (non-hydrogen) atoms. The van der Waals surface area contributed by atoms with E-state index in [0.717, 1.165) is 22.1 Å². The van der Waals surface area contributed by atoms with Gasteiger partial charge < -0.3 is 5.84 Å². The van der Waals surface area contributed by atoms with Crippen LogP contribution in [0.2, 0.25) is 0 Å². The van der Waals surface area contributed by atoms with Crippen molar-refractivity contribution in [1.82, 2.24) is 0 Å². The summed E-state index contributed by atoms with van der Waals surface area (Å²) in [5.74, 6) is 5.26. The number of nitrogens with two attached hydrogens (primary N) is 1. The Morgan fingerprint density at radius 1 is 1.41 bits per heavy atom. The molecule has 1 atom stereocenters. The van der Waals surface area contributed by atoms with Gasteiger partial charge in [0.15, 0.2) is 0 Å². The molecule has 0 saturated carbocycles. The molecule has 0 spiro atoms. The lowest BCUT2D eigenvalue weighted by molar-refractivity contribution is 1.15. The first kappa shape index (κ1) is 11.7. The first-order valence-electron chi connectivity index (χ1n) is 5.33. The van der Waals surface area contributed by atoms with Crippen molar-refractivity contribution in [3.05, 3.63) is 30.3 Å². The zero-order valence-electron chi connectivity index (χ0n) is 9.79. The standard InChI is InChI=1S/C12H14N4S/c1-8(14-13)11-9(2)15-16(12(11)17)10-6-4-3-5-7-10/h3-7,11H,13H2,1-2H3. The van der Waals surface area contributed by atoms with Crippen LogP contribution in [-0.2, 0) is 0 Å². The molecule has 2 N–H and O–H groups in total. The molecule has 5 heteroatoms. The first-order valence-corrected chi connectivity index (χ1v) is 5.74. The number of nitrogens with zero attached hydrogens (tertiary/aromatic N) is 3. The summed E-state index contributed by atoms with van der Waals surface area (Å²) >= 11 is 5.44. The van der Waals surface area contributed by atoms with Gasteiger partial charge in [-0.15, -0.1) is 0 Å². The third kappa shape index (κ3) is 2.06. The van der Waals surface area contributed by atoms with Gasteiger partial charge in [0.25, 0.3) is 0 Å². The van der Waals surface area contributed by atoms with Crippen LogP contribution in [0.4, 0.5) is 5.69 Å². The molecule has 0 radical (unpaired) electrons. The lowest BCUT2D eigenvalue weighted by Crippen LogP contribution is -2.30. The van der Waals surface area contributed by atoms with Gasteiger partial charge in [-0.3, -0.25) is 0 Å². The van der Waals surface area contributed by atoms with Crippen molar-refractivity contribution in [1.29, 1.82) is 0 Å². The maximum Gasteiger partial charge on any atom is 0.120 e. The molecule has 0 aliphatic carbocycles. The average molecular weight is 246 g/mol. The fraction of sp³-hybridized carbons (Fsp3) is 0.250. The van der Waals surface area contributed by atoms with Crippen LogP contribution in [0.15, 0.2) is 40.5 Å². The number of hydrogen-bond donors (Lipinski definition) is 1. The van der Waals surface area contributed by atoms with Gasteiger partial charge in [-0.1, -0.05) is 30.4 Å². The second-order valence-corrected chi connectivity index (χ2v) is 4.35. The van der Waals surface area contributed by atoms with Crippen LogP contribution in [0.3, 0.4) is 0 Å². The highest BCUT2D eigenvalue weighted by Gasteiger charge is 2.32. The zero-order chi connectivity index (χ0) is 12.4. The lowest BCUT2D eigenvalue weighted by Gasteiger charge is -2.16. The highest BCUT2D eigenvalue weighted by atomic mass is 32.1. The van der Waals surface area contributed by atoms with Crippen molar-refractivity contribution in [3.63, 3.8) is 0 Å². The zero-order valence-corrected chi connectivity index (χ0v) is 10.6. The van der Waals surface area contributed by atoms with Crippen LogP contribution in [0.1, 0.15) is 13.8 Å². The molecule has 1 aliphatic heterocycles. The number of hydrogen-bond acceptors (Lipinski definition) is 4. The molecule has 2 rings (SSSR count). The summed E-state index contributed by atoms with van der Waals surface area (Å²) in [6.07, 6.45) is 0. The van der Waals surface area contributed by atoms with Crippen molar-refractivity contribution < 1.29 is 0 Å². The Hall–Kier alpha value is -1.75. The van der Waals surface area contributed by atoms with E-state index in [1.165, 1.54) is 0 Å². The Labute approximate surface area is 106 Å². The van der Waals surface area contributed by atoms with Crippen LogP contribution in [0.25, 0.3) is 0 Å². The summed E-state index contributed by atoms with van der Waals surface area (Å²) in [6.45, 7) is 3.80. The highest BCUT2D eigenvalue weighted by Crippen LogP contribution is 2.25. The maximum atomic E-state index is 5.44. The minimum Gasteiger partial charge on any atom is -0.323 e. The van der Waals surface area contributed by atoms with Gasteiger partial charge in [0.05, 0.1) is 23.0 Å². The summed E-state index contributed by atoms with van der Waals surface area (Å²) in [4.78, 5) is 0.723. The average Bonchev–Trinajstić information content (AvgIpc) is 2.65. The molecule has 1 heterocycles. The summed E-state index contributed by atoms with van der Waals surface area (Å²) in [6, 6.07) is 9.82. The Bertz CT molecular complexity index is 492. The van der Waals surface area contributed by atoms with Crippen molar-refractivity contribution in [2.75, 3.05) is 5.01 Å². The molecular formula is C12H14N4S. The molecule has 0 amide bonds. The Morgan fingerprint density at radius 3 is 2.65 bits per heavy atom. The van der Waals surface area contributed by atoms with Crippen LogP contribution >= 0.6 is 12.2 Å². The minimum atomic E-state index is -0.0600. The van der Waals surface area contributed by atoms with Crippen LogP contribution < -0.4 is 10.9 Å². The minimum absolute atomic E-state index is 0.0600. The van der Waals surface area contributed by atoms with Crippen molar-refractivity contribution in [2.24, 2.45) is 22.0 Å². The molecule has 1 unspecified atom stereocenters. The molecule has 88 valence electrons. The van der Waals surface area contributed by atoms with Crippen LogP contribution in [-0.4, -0.2) is 16.4 Å². The highest BCUT2D eigenvalue weighted by molar-refractivity contribution is 7.80. The SMILES string of the molecule is CC(=NN)C1C(=S)N(c2ccccc2)N=C1C. The normalized spacial score (nSPS) is 20.7. The van der Waals surface area contributed by atoms with E-state index in [2.05, 4.69) is 10.2 Å².